The van der Waals surface area contributed by atoms with E-state index < -0.39 is 11.7 Å². The molecule has 0 unspecified atom stereocenters. The van der Waals surface area contributed by atoms with Crippen LogP contribution in [-0.2, 0) is 6.18 Å². The molecule has 142 valence electrons. The first-order chi connectivity index (χ1) is 12.9. The Labute approximate surface area is 156 Å². The van der Waals surface area contributed by atoms with Crippen molar-refractivity contribution in [2.75, 3.05) is 0 Å². The largest absolute Gasteiger partial charge is 0.416 e. The first-order valence-corrected chi connectivity index (χ1v) is 8.92. The Balaban J connectivity index is 1.75. The van der Waals surface area contributed by atoms with Crippen molar-refractivity contribution in [2.45, 2.75) is 38.5 Å². The fourth-order valence-corrected chi connectivity index (χ4v) is 3.02. The maximum Gasteiger partial charge on any atom is 0.416 e. The zero-order valence-corrected chi connectivity index (χ0v) is 15.2. The van der Waals surface area contributed by atoms with Gasteiger partial charge in [0.05, 0.1) is 23.0 Å². The van der Waals surface area contributed by atoms with Gasteiger partial charge >= 0.3 is 6.18 Å². The SMILES string of the molecule is CC[C@@H](N[C@H](C)c1ccccc1)c1ccn(-c2ccc(C(F)(F)F)cc2)n1. The summed E-state index contributed by atoms with van der Waals surface area (Å²) in [6.45, 7) is 4.18. The van der Waals surface area contributed by atoms with Gasteiger partial charge in [-0.1, -0.05) is 37.3 Å². The van der Waals surface area contributed by atoms with Crippen LogP contribution in [0.4, 0.5) is 13.2 Å². The van der Waals surface area contributed by atoms with E-state index in [1.165, 1.54) is 17.7 Å². The van der Waals surface area contributed by atoms with Gasteiger partial charge in [-0.3, -0.25) is 0 Å². The number of hydrogen-bond donors (Lipinski definition) is 1. The van der Waals surface area contributed by atoms with Crippen molar-refractivity contribution in [1.29, 1.82) is 0 Å². The number of benzene rings is 2. The third-order valence-electron chi connectivity index (χ3n) is 4.58. The molecule has 3 nitrogen and oxygen atoms in total. The van der Waals surface area contributed by atoms with Crippen molar-refractivity contribution in [3.05, 3.63) is 83.7 Å². The van der Waals surface area contributed by atoms with Gasteiger partial charge in [-0.15, -0.1) is 0 Å². The molecule has 3 aromatic rings. The standard InChI is InChI=1S/C21H22F3N3/c1-3-19(25-15(2)16-7-5-4-6-8-16)20-13-14-27(26-20)18-11-9-17(10-12-18)21(22,23)24/h4-15,19,25H,3H2,1-2H3/t15-,19-/m1/s1. The van der Waals surface area contributed by atoms with E-state index in [9.17, 15) is 13.2 Å². The second-order valence-corrected chi connectivity index (χ2v) is 6.49. The van der Waals surface area contributed by atoms with Crippen LogP contribution < -0.4 is 5.32 Å². The van der Waals surface area contributed by atoms with Crippen LogP contribution in [0.15, 0.2) is 66.9 Å². The number of halogens is 3. The van der Waals surface area contributed by atoms with Gasteiger partial charge in [-0.2, -0.15) is 18.3 Å². The van der Waals surface area contributed by atoms with E-state index in [-0.39, 0.29) is 12.1 Å². The second-order valence-electron chi connectivity index (χ2n) is 6.49. The summed E-state index contributed by atoms with van der Waals surface area (Å²) >= 11 is 0. The molecule has 27 heavy (non-hydrogen) atoms. The molecule has 0 radical (unpaired) electrons. The topological polar surface area (TPSA) is 29.9 Å². The summed E-state index contributed by atoms with van der Waals surface area (Å²) in [5.74, 6) is 0. The Kier molecular flexibility index (Phi) is 5.65. The predicted molar refractivity (Wildman–Crippen MR) is 99.6 cm³/mol. The number of nitrogens with zero attached hydrogens (tertiary/aromatic N) is 2. The summed E-state index contributed by atoms with van der Waals surface area (Å²) in [6, 6.07) is 17.3. The molecule has 0 aliphatic carbocycles. The van der Waals surface area contributed by atoms with E-state index in [1.54, 1.807) is 10.9 Å². The van der Waals surface area contributed by atoms with Gasteiger partial charge in [0.15, 0.2) is 0 Å². The van der Waals surface area contributed by atoms with Gasteiger partial charge in [0.25, 0.3) is 0 Å². The highest BCUT2D eigenvalue weighted by Gasteiger charge is 2.30. The third-order valence-corrected chi connectivity index (χ3v) is 4.58. The summed E-state index contributed by atoms with van der Waals surface area (Å²) in [6.07, 6.45) is -1.71. The van der Waals surface area contributed by atoms with Gasteiger partial charge < -0.3 is 5.32 Å². The van der Waals surface area contributed by atoms with Crippen LogP contribution >= 0.6 is 0 Å². The lowest BCUT2D eigenvalue weighted by atomic mass is 10.1. The number of hydrogen-bond acceptors (Lipinski definition) is 2. The number of aromatic nitrogens is 2. The smallest absolute Gasteiger partial charge is 0.302 e. The first-order valence-electron chi connectivity index (χ1n) is 8.92. The van der Waals surface area contributed by atoms with Crippen LogP contribution in [0.1, 0.15) is 49.2 Å². The van der Waals surface area contributed by atoms with Crippen LogP contribution in [0.5, 0.6) is 0 Å². The van der Waals surface area contributed by atoms with Gasteiger partial charge in [-0.25, -0.2) is 4.68 Å². The van der Waals surface area contributed by atoms with E-state index in [0.717, 1.165) is 24.2 Å². The Hall–Kier alpha value is -2.60. The highest BCUT2D eigenvalue weighted by molar-refractivity contribution is 5.35. The van der Waals surface area contributed by atoms with Crippen LogP contribution in [0.2, 0.25) is 0 Å². The molecule has 6 heteroatoms. The lowest BCUT2D eigenvalue weighted by molar-refractivity contribution is -0.137. The third kappa shape index (κ3) is 4.57. The minimum atomic E-state index is -4.33. The van der Waals surface area contributed by atoms with E-state index in [1.807, 2.05) is 24.3 Å². The fraction of sp³-hybridized carbons (Fsp3) is 0.286. The van der Waals surface area contributed by atoms with Gasteiger partial charge in [0.2, 0.25) is 0 Å². The molecule has 0 aliphatic rings. The first kappa shape index (κ1) is 19.2. The van der Waals surface area contributed by atoms with E-state index >= 15 is 0 Å². The predicted octanol–water partition coefficient (Wildman–Crippen LogP) is 5.69. The van der Waals surface area contributed by atoms with Crippen molar-refractivity contribution in [3.63, 3.8) is 0 Å². The molecule has 2 aromatic carbocycles. The molecule has 0 saturated heterocycles. The summed E-state index contributed by atoms with van der Waals surface area (Å²) in [7, 11) is 0. The highest BCUT2D eigenvalue weighted by atomic mass is 19.4. The molecule has 3 rings (SSSR count). The number of rotatable bonds is 6. The van der Waals surface area contributed by atoms with E-state index in [2.05, 4.69) is 36.4 Å². The zero-order chi connectivity index (χ0) is 19.4. The monoisotopic (exact) mass is 373 g/mol. The minimum Gasteiger partial charge on any atom is -0.302 e. The molecule has 1 heterocycles. The van der Waals surface area contributed by atoms with Crippen LogP contribution in [-0.4, -0.2) is 9.78 Å². The fourth-order valence-electron chi connectivity index (χ4n) is 3.02. The molecule has 0 spiro atoms. The molecule has 2 atom stereocenters. The number of alkyl halides is 3. The van der Waals surface area contributed by atoms with E-state index in [4.69, 9.17) is 0 Å². The maximum atomic E-state index is 12.7. The molecule has 0 bridgehead atoms. The van der Waals surface area contributed by atoms with E-state index in [0.29, 0.717) is 5.69 Å². The lowest BCUT2D eigenvalue weighted by Crippen LogP contribution is -2.24. The summed E-state index contributed by atoms with van der Waals surface area (Å²) < 4.78 is 39.7. The Morgan fingerprint density at radius 1 is 1.00 bits per heavy atom. The molecule has 0 amide bonds. The zero-order valence-electron chi connectivity index (χ0n) is 15.2. The average Bonchev–Trinajstić information content (AvgIpc) is 3.16. The van der Waals surface area contributed by atoms with Crippen molar-refractivity contribution < 1.29 is 13.2 Å². The van der Waals surface area contributed by atoms with Crippen molar-refractivity contribution >= 4 is 0 Å². The normalized spacial score (nSPS) is 14.1. The molecule has 0 aliphatic heterocycles. The second kappa shape index (κ2) is 7.96. The number of nitrogens with one attached hydrogen (secondary N) is 1. The molecule has 1 aromatic heterocycles. The Morgan fingerprint density at radius 3 is 2.26 bits per heavy atom. The van der Waals surface area contributed by atoms with Gasteiger partial charge in [0, 0.05) is 12.2 Å². The van der Waals surface area contributed by atoms with Crippen LogP contribution in [0.25, 0.3) is 5.69 Å². The van der Waals surface area contributed by atoms with Crippen molar-refractivity contribution in [3.8, 4) is 5.69 Å². The quantitative estimate of drug-likeness (QED) is 0.601. The van der Waals surface area contributed by atoms with Crippen molar-refractivity contribution in [2.24, 2.45) is 0 Å². The minimum absolute atomic E-state index is 0.0518. The van der Waals surface area contributed by atoms with Gasteiger partial charge in [-0.05, 0) is 49.2 Å². The van der Waals surface area contributed by atoms with Crippen LogP contribution in [0.3, 0.4) is 0 Å². The Bertz CT molecular complexity index is 854. The highest BCUT2D eigenvalue weighted by Crippen LogP contribution is 2.29. The maximum absolute atomic E-state index is 12.7. The molecular formula is C21H22F3N3. The summed E-state index contributed by atoms with van der Waals surface area (Å²) in [5.41, 5.74) is 1.99. The lowest BCUT2D eigenvalue weighted by Gasteiger charge is -2.21. The van der Waals surface area contributed by atoms with Gasteiger partial charge in [0.1, 0.15) is 0 Å². The Morgan fingerprint density at radius 2 is 1.67 bits per heavy atom. The summed E-state index contributed by atoms with van der Waals surface area (Å²) in [5, 5.41) is 8.13. The van der Waals surface area contributed by atoms with Crippen molar-refractivity contribution in [1.82, 2.24) is 15.1 Å². The molecule has 0 fully saturated rings. The summed E-state index contributed by atoms with van der Waals surface area (Å²) in [4.78, 5) is 0. The average molecular weight is 373 g/mol. The molecular weight excluding hydrogens is 351 g/mol. The molecule has 1 N–H and O–H groups in total. The molecule has 0 saturated carbocycles. The van der Waals surface area contributed by atoms with Crippen LogP contribution in [0, 0.1) is 0 Å².